The van der Waals surface area contributed by atoms with Gasteiger partial charge in [-0.3, -0.25) is 9.69 Å². The average molecular weight is 456 g/mol. The van der Waals surface area contributed by atoms with Crippen LogP contribution >= 0.6 is 0 Å². The third-order valence-corrected chi connectivity index (χ3v) is 10.1. The van der Waals surface area contributed by atoms with Crippen LogP contribution in [0.15, 0.2) is 29.2 Å². The molecule has 1 aromatic rings. The lowest BCUT2D eigenvalue weighted by Crippen LogP contribution is -2.56. The largest absolute Gasteiger partial charge is 0.339 e. The summed E-state index contributed by atoms with van der Waals surface area (Å²) in [5.41, 5.74) is 0.982. The van der Waals surface area contributed by atoms with Gasteiger partial charge in [0, 0.05) is 38.8 Å². The Morgan fingerprint density at radius 2 is 1.67 bits per heavy atom. The predicted molar refractivity (Wildman–Crippen MR) is 113 cm³/mol. The van der Waals surface area contributed by atoms with E-state index >= 15 is 0 Å². The normalized spacial score (nSPS) is 28.1. The SMILES string of the molecule is Cc1ccc(S(=O)(=O)N2CCCC2C(=O)N2CCN(C3CCS(=O)(=O)C3)CC2)cc1. The van der Waals surface area contributed by atoms with Crippen LogP contribution in [0.3, 0.4) is 0 Å². The Bertz CT molecular complexity index is 999. The van der Waals surface area contributed by atoms with Crippen molar-refractivity contribution in [2.24, 2.45) is 0 Å². The number of aryl methyl sites for hydroxylation is 1. The van der Waals surface area contributed by atoms with E-state index in [1.165, 1.54) is 4.31 Å². The fourth-order valence-electron chi connectivity index (χ4n) is 4.70. The Hall–Kier alpha value is -1.49. The second-order valence-electron chi connectivity index (χ2n) is 8.50. The van der Waals surface area contributed by atoms with Crippen LogP contribution in [0.2, 0.25) is 0 Å². The molecule has 0 N–H and O–H groups in total. The number of sulfonamides is 1. The van der Waals surface area contributed by atoms with Crippen molar-refractivity contribution in [1.82, 2.24) is 14.1 Å². The molecule has 3 heterocycles. The smallest absolute Gasteiger partial charge is 0.243 e. The van der Waals surface area contributed by atoms with Crippen LogP contribution in [0.25, 0.3) is 0 Å². The van der Waals surface area contributed by atoms with Crippen molar-refractivity contribution in [3.05, 3.63) is 29.8 Å². The number of carbonyl (C=O) groups excluding carboxylic acids is 1. The van der Waals surface area contributed by atoms with Crippen molar-refractivity contribution in [2.75, 3.05) is 44.2 Å². The zero-order valence-corrected chi connectivity index (χ0v) is 18.9. The number of amides is 1. The summed E-state index contributed by atoms with van der Waals surface area (Å²) in [6.45, 7) is 4.52. The minimum Gasteiger partial charge on any atom is -0.339 e. The molecule has 4 rings (SSSR count). The number of rotatable bonds is 4. The van der Waals surface area contributed by atoms with E-state index in [2.05, 4.69) is 4.90 Å². The van der Waals surface area contributed by atoms with Crippen LogP contribution in [-0.4, -0.2) is 93.2 Å². The number of nitrogens with zero attached hydrogens (tertiary/aromatic N) is 3. The number of benzene rings is 1. The molecule has 2 unspecified atom stereocenters. The fourth-order valence-corrected chi connectivity index (χ4v) is 8.11. The van der Waals surface area contributed by atoms with Gasteiger partial charge in [0.1, 0.15) is 6.04 Å². The lowest BCUT2D eigenvalue weighted by molar-refractivity contribution is -0.136. The molecule has 0 bridgehead atoms. The molecule has 3 aliphatic heterocycles. The Balaban J connectivity index is 1.41. The van der Waals surface area contributed by atoms with Crippen molar-refractivity contribution >= 4 is 25.8 Å². The van der Waals surface area contributed by atoms with Crippen LogP contribution in [0, 0.1) is 6.92 Å². The van der Waals surface area contributed by atoms with Crippen LogP contribution < -0.4 is 0 Å². The maximum atomic E-state index is 13.2. The number of piperazine rings is 1. The topological polar surface area (TPSA) is 95.1 Å². The first kappa shape index (κ1) is 21.7. The van der Waals surface area contributed by atoms with Gasteiger partial charge in [0.15, 0.2) is 9.84 Å². The van der Waals surface area contributed by atoms with Gasteiger partial charge in [0.2, 0.25) is 15.9 Å². The van der Waals surface area contributed by atoms with Crippen LogP contribution in [0.4, 0.5) is 0 Å². The lowest BCUT2D eigenvalue weighted by Gasteiger charge is -2.39. The van der Waals surface area contributed by atoms with Crippen molar-refractivity contribution in [1.29, 1.82) is 0 Å². The minimum atomic E-state index is -3.72. The molecule has 1 aromatic carbocycles. The highest BCUT2D eigenvalue weighted by atomic mass is 32.2. The van der Waals surface area contributed by atoms with Gasteiger partial charge in [-0.2, -0.15) is 4.31 Å². The molecule has 0 radical (unpaired) electrons. The number of sulfone groups is 1. The first-order valence-corrected chi connectivity index (χ1v) is 13.8. The first-order valence-electron chi connectivity index (χ1n) is 10.5. The highest BCUT2D eigenvalue weighted by molar-refractivity contribution is 7.91. The highest BCUT2D eigenvalue weighted by Gasteiger charge is 2.42. The first-order chi connectivity index (χ1) is 14.2. The molecular formula is C20H29N3O5S2. The molecule has 0 spiro atoms. The summed E-state index contributed by atoms with van der Waals surface area (Å²) < 4.78 is 51.1. The third-order valence-electron chi connectivity index (χ3n) is 6.47. The Morgan fingerprint density at radius 3 is 2.27 bits per heavy atom. The number of hydrogen-bond donors (Lipinski definition) is 0. The van der Waals surface area contributed by atoms with Gasteiger partial charge < -0.3 is 4.90 Å². The van der Waals surface area contributed by atoms with Gasteiger partial charge in [-0.15, -0.1) is 0 Å². The van der Waals surface area contributed by atoms with Gasteiger partial charge in [-0.1, -0.05) is 17.7 Å². The quantitative estimate of drug-likeness (QED) is 0.655. The van der Waals surface area contributed by atoms with Gasteiger partial charge in [0.25, 0.3) is 0 Å². The highest BCUT2D eigenvalue weighted by Crippen LogP contribution is 2.28. The van der Waals surface area contributed by atoms with E-state index in [0.717, 1.165) is 5.56 Å². The molecule has 3 fully saturated rings. The van der Waals surface area contributed by atoms with E-state index in [-0.39, 0.29) is 28.4 Å². The minimum absolute atomic E-state index is 0.0390. The summed E-state index contributed by atoms with van der Waals surface area (Å²) in [6.07, 6.45) is 1.86. The summed E-state index contributed by atoms with van der Waals surface area (Å²) in [7, 11) is -6.65. The lowest BCUT2D eigenvalue weighted by atomic mass is 10.1. The maximum absolute atomic E-state index is 13.2. The van der Waals surface area contributed by atoms with Crippen LogP contribution in [-0.2, 0) is 24.7 Å². The molecule has 3 aliphatic rings. The predicted octanol–water partition coefficient (Wildman–Crippen LogP) is 0.479. The van der Waals surface area contributed by atoms with E-state index in [4.69, 9.17) is 0 Å². The third kappa shape index (κ3) is 4.28. The van der Waals surface area contributed by atoms with Crippen molar-refractivity contribution in [2.45, 2.75) is 43.2 Å². The van der Waals surface area contributed by atoms with E-state index in [1.807, 2.05) is 6.92 Å². The molecule has 10 heteroatoms. The second-order valence-corrected chi connectivity index (χ2v) is 12.6. The molecule has 166 valence electrons. The Morgan fingerprint density at radius 1 is 1.00 bits per heavy atom. The van der Waals surface area contributed by atoms with Crippen molar-refractivity contribution < 1.29 is 21.6 Å². The Labute approximate surface area is 178 Å². The van der Waals surface area contributed by atoms with Gasteiger partial charge in [0.05, 0.1) is 16.4 Å². The zero-order valence-electron chi connectivity index (χ0n) is 17.2. The molecule has 2 atom stereocenters. The monoisotopic (exact) mass is 455 g/mol. The molecular weight excluding hydrogens is 426 g/mol. The van der Waals surface area contributed by atoms with Crippen molar-refractivity contribution in [3.8, 4) is 0 Å². The van der Waals surface area contributed by atoms with Gasteiger partial charge >= 0.3 is 0 Å². The summed E-state index contributed by atoms with van der Waals surface area (Å²) in [6, 6.07) is 6.11. The van der Waals surface area contributed by atoms with Crippen LogP contribution in [0.5, 0.6) is 0 Å². The van der Waals surface area contributed by atoms with Crippen molar-refractivity contribution in [3.63, 3.8) is 0 Å². The maximum Gasteiger partial charge on any atom is 0.243 e. The molecule has 1 amide bonds. The van der Waals surface area contributed by atoms with E-state index in [1.54, 1.807) is 29.2 Å². The molecule has 30 heavy (non-hydrogen) atoms. The Kier molecular flexibility index (Phi) is 5.95. The number of carbonyl (C=O) groups is 1. The fraction of sp³-hybridized carbons (Fsp3) is 0.650. The standard InChI is InChI=1S/C20H29N3O5S2/c1-16-4-6-18(7-5-16)30(27,28)23-9-2-3-19(23)20(24)22-12-10-21(11-13-22)17-8-14-29(25,26)15-17/h4-7,17,19H,2-3,8-15H2,1H3. The molecule has 0 aliphatic carbocycles. The zero-order chi connectivity index (χ0) is 21.5. The van der Waals surface area contributed by atoms with Gasteiger partial charge in [-0.25, -0.2) is 16.8 Å². The molecule has 0 aromatic heterocycles. The second kappa shape index (κ2) is 8.22. The number of hydrogen-bond acceptors (Lipinski definition) is 6. The van der Waals surface area contributed by atoms with E-state index < -0.39 is 25.9 Å². The summed E-state index contributed by atoms with van der Waals surface area (Å²) in [4.78, 5) is 17.3. The van der Waals surface area contributed by atoms with Crippen LogP contribution in [0.1, 0.15) is 24.8 Å². The van der Waals surface area contributed by atoms with E-state index in [0.29, 0.717) is 52.0 Å². The molecule has 8 nitrogen and oxygen atoms in total. The average Bonchev–Trinajstić information content (AvgIpc) is 3.35. The van der Waals surface area contributed by atoms with E-state index in [9.17, 15) is 21.6 Å². The molecule has 0 saturated carbocycles. The molecule has 3 saturated heterocycles. The summed E-state index contributed by atoms with van der Waals surface area (Å²) in [5, 5.41) is 0. The summed E-state index contributed by atoms with van der Waals surface area (Å²) >= 11 is 0. The summed E-state index contributed by atoms with van der Waals surface area (Å²) in [5.74, 6) is 0.304. The van der Waals surface area contributed by atoms with Gasteiger partial charge in [-0.05, 0) is 38.3 Å².